The molecule has 2 atom stereocenters. The van der Waals surface area contributed by atoms with Crippen LogP contribution in [-0.2, 0) is 10.6 Å². The Morgan fingerprint density at radius 1 is 1.27 bits per heavy atom. The lowest BCUT2D eigenvalue weighted by Crippen LogP contribution is -2.18. The summed E-state index contributed by atoms with van der Waals surface area (Å²) in [4.78, 5) is 5.70. The molecule has 0 aliphatic heterocycles. The molecule has 3 aromatic heterocycles. The summed E-state index contributed by atoms with van der Waals surface area (Å²) in [6, 6.07) is 13.4. The minimum atomic E-state index is 0.413. The molecule has 1 saturated carbocycles. The number of aryl methyl sites for hydroxylation is 1. The Morgan fingerprint density at radius 2 is 2.20 bits per heavy atom. The van der Waals surface area contributed by atoms with E-state index in [1.807, 2.05) is 16.8 Å². The van der Waals surface area contributed by atoms with E-state index in [4.69, 9.17) is 14.4 Å². The van der Waals surface area contributed by atoms with Crippen LogP contribution in [0.2, 0.25) is 0 Å². The smallest absolute Gasteiger partial charge is 0.157 e. The molecule has 0 bridgehead atoms. The van der Waals surface area contributed by atoms with Crippen molar-refractivity contribution in [2.75, 3.05) is 11.9 Å². The van der Waals surface area contributed by atoms with Crippen molar-refractivity contribution in [1.29, 1.82) is 0 Å². The molecule has 1 aromatic carbocycles. The van der Waals surface area contributed by atoms with E-state index in [1.165, 1.54) is 20.5 Å². The van der Waals surface area contributed by atoms with E-state index in [2.05, 4.69) is 47.6 Å². The van der Waals surface area contributed by atoms with Crippen molar-refractivity contribution in [2.45, 2.75) is 38.6 Å². The summed E-state index contributed by atoms with van der Waals surface area (Å²) in [5.41, 5.74) is 3.19. The van der Waals surface area contributed by atoms with Crippen LogP contribution in [0.1, 0.15) is 31.7 Å². The third-order valence-electron chi connectivity index (χ3n) is 5.86. The summed E-state index contributed by atoms with van der Waals surface area (Å²) in [6.07, 6.45) is 6.25. The first-order valence-electron chi connectivity index (χ1n) is 10.4. The van der Waals surface area contributed by atoms with Gasteiger partial charge >= 0.3 is 0 Å². The third-order valence-corrected chi connectivity index (χ3v) is 7.28. The lowest BCUT2D eigenvalue weighted by molar-refractivity contribution is 0.290. The minimum absolute atomic E-state index is 0.413. The molecule has 1 aliphatic carbocycles. The molecule has 0 spiro atoms. The van der Waals surface area contributed by atoms with Crippen molar-refractivity contribution in [3.8, 4) is 10.6 Å². The number of hydrogen-bond acceptors (Lipinski definition) is 7. The quantitative estimate of drug-likeness (QED) is 0.301. The maximum atomic E-state index is 5.38. The van der Waals surface area contributed by atoms with E-state index in [-0.39, 0.29) is 0 Å². The Labute approximate surface area is 184 Å². The zero-order valence-corrected chi connectivity index (χ0v) is 18.5. The first kappa shape index (κ1) is 19.8. The Kier molecular flexibility index (Phi) is 5.64. The molecular weight excluding hydrogens is 414 g/mol. The van der Waals surface area contributed by atoms with Crippen molar-refractivity contribution in [1.82, 2.24) is 14.6 Å². The van der Waals surface area contributed by atoms with E-state index >= 15 is 0 Å². The number of nitrogens with one attached hydrogen (secondary N) is 1. The van der Waals surface area contributed by atoms with E-state index in [0.717, 1.165) is 55.1 Å². The van der Waals surface area contributed by atoms with Crippen LogP contribution >= 0.6 is 23.6 Å². The molecule has 0 saturated heterocycles. The molecule has 3 heterocycles. The van der Waals surface area contributed by atoms with Crippen molar-refractivity contribution in [2.24, 2.45) is 11.1 Å². The molecule has 1 fully saturated rings. The molecule has 2 unspecified atom stereocenters. The van der Waals surface area contributed by atoms with Crippen molar-refractivity contribution >= 4 is 45.1 Å². The standard InChI is InChI=1S/C22H25N5OS2/c1-2-14-4-6-19-16(9-14)11-20(29-19)18-12-22-24-8-7-21(27(22)26-18)25-17-5-3-15(10-17)13-28-30-23/h4,6-9,11-12,15,17,25H,2-3,5,10,13,23H2,1H3. The maximum absolute atomic E-state index is 5.38. The summed E-state index contributed by atoms with van der Waals surface area (Å²) in [6.45, 7) is 2.90. The van der Waals surface area contributed by atoms with Crippen LogP contribution < -0.4 is 10.5 Å². The molecule has 3 N–H and O–H groups in total. The predicted octanol–water partition coefficient (Wildman–Crippen LogP) is 5.29. The SMILES string of the molecule is CCc1ccc2sc(-c3cc4nccc(NC5CCC(COSN)C5)n4n3)cc2c1. The summed E-state index contributed by atoms with van der Waals surface area (Å²) >= 11 is 2.74. The number of anilines is 1. The van der Waals surface area contributed by atoms with Gasteiger partial charge in [0.2, 0.25) is 0 Å². The van der Waals surface area contributed by atoms with Crippen LogP contribution in [0.3, 0.4) is 0 Å². The predicted molar refractivity (Wildman–Crippen MR) is 126 cm³/mol. The van der Waals surface area contributed by atoms with Gasteiger partial charge in [0, 0.05) is 23.0 Å². The highest BCUT2D eigenvalue weighted by Crippen LogP contribution is 2.34. The fourth-order valence-electron chi connectivity index (χ4n) is 4.27. The van der Waals surface area contributed by atoms with Crippen LogP contribution in [-0.4, -0.2) is 27.2 Å². The van der Waals surface area contributed by atoms with Gasteiger partial charge in [-0.3, -0.25) is 5.14 Å². The first-order valence-corrected chi connectivity index (χ1v) is 12.0. The molecule has 156 valence electrons. The Morgan fingerprint density at radius 3 is 3.07 bits per heavy atom. The number of thiophene rings is 1. The lowest BCUT2D eigenvalue weighted by atomic mass is 10.1. The van der Waals surface area contributed by atoms with Gasteiger partial charge in [0.25, 0.3) is 0 Å². The largest absolute Gasteiger partial charge is 0.367 e. The number of rotatable bonds is 7. The summed E-state index contributed by atoms with van der Waals surface area (Å²) in [5, 5.41) is 15.2. The number of nitrogens with two attached hydrogens (primary N) is 1. The normalized spacial score (nSPS) is 19.1. The summed E-state index contributed by atoms with van der Waals surface area (Å²) in [5.74, 6) is 1.54. The molecule has 5 rings (SSSR count). The fourth-order valence-corrected chi connectivity index (χ4v) is 5.54. The van der Waals surface area contributed by atoms with Gasteiger partial charge in [-0.2, -0.15) is 9.61 Å². The van der Waals surface area contributed by atoms with Gasteiger partial charge in [0.15, 0.2) is 5.65 Å². The highest BCUT2D eigenvalue weighted by Gasteiger charge is 2.25. The topological polar surface area (TPSA) is 77.5 Å². The molecule has 6 nitrogen and oxygen atoms in total. The third kappa shape index (κ3) is 3.92. The monoisotopic (exact) mass is 439 g/mol. The fraction of sp³-hybridized carbons (Fsp3) is 0.364. The number of fused-ring (bicyclic) bond motifs is 2. The number of nitrogens with zero attached hydrogens (tertiary/aromatic N) is 3. The van der Waals surface area contributed by atoms with Gasteiger partial charge in [0.1, 0.15) is 11.5 Å². The van der Waals surface area contributed by atoms with Gasteiger partial charge in [-0.1, -0.05) is 19.1 Å². The summed E-state index contributed by atoms with van der Waals surface area (Å²) in [7, 11) is 0. The number of benzene rings is 1. The van der Waals surface area contributed by atoms with Crippen LogP contribution in [0, 0.1) is 5.92 Å². The molecular formula is C22H25N5OS2. The second-order valence-electron chi connectivity index (χ2n) is 7.87. The van der Waals surface area contributed by atoms with E-state index < -0.39 is 0 Å². The Hall–Kier alpha value is -2.13. The zero-order valence-electron chi connectivity index (χ0n) is 16.9. The van der Waals surface area contributed by atoms with E-state index in [9.17, 15) is 0 Å². The van der Waals surface area contributed by atoms with Crippen LogP contribution in [0.4, 0.5) is 5.82 Å². The van der Waals surface area contributed by atoms with Gasteiger partial charge in [-0.05, 0) is 60.7 Å². The van der Waals surface area contributed by atoms with Crippen molar-refractivity contribution in [3.05, 3.63) is 48.2 Å². The number of aromatic nitrogens is 3. The van der Waals surface area contributed by atoms with Gasteiger partial charge < -0.3 is 9.50 Å². The van der Waals surface area contributed by atoms with E-state index in [0.29, 0.717) is 18.6 Å². The molecule has 0 radical (unpaired) electrons. The van der Waals surface area contributed by atoms with Crippen LogP contribution in [0.25, 0.3) is 26.3 Å². The average molecular weight is 440 g/mol. The molecule has 4 aromatic rings. The van der Waals surface area contributed by atoms with Crippen molar-refractivity contribution < 1.29 is 4.18 Å². The molecule has 0 amide bonds. The van der Waals surface area contributed by atoms with Gasteiger partial charge in [-0.15, -0.1) is 11.3 Å². The van der Waals surface area contributed by atoms with Gasteiger partial charge in [0.05, 0.1) is 23.7 Å². The highest BCUT2D eigenvalue weighted by atomic mass is 32.2. The van der Waals surface area contributed by atoms with Crippen LogP contribution in [0.5, 0.6) is 0 Å². The zero-order chi connectivity index (χ0) is 20.5. The lowest BCUT2D eigenvalue weighted by Gasteiger charge is -2.15. The van der Waals surface area contributed by atoms with Crippen molar-refractivity contribution in [3.63, 3.8) is 0 Å². The second-order valence-corrected chi connectivity index (χ2v) is 9.38. The van der Waals surface area contributed by atoms with E-state index in [1.54, 1.807) is 11.3 Å². The molecule has 30 heavy (non-hydrogen) atoms. The summed E-state index contributed by atoms with van der Waals surface area (Å²) < 4.78 is 8.54. The Balaban J connectivity index is 1.40. The Bertz CT molecular complexity index is 1170. The highest BCUT2D eigenvalue weighted by molar-refractivity contribution is 7.92. The maximum Gasteiger partial charge on any atom is 0.157 e. The average Bonchev–Trinajstić information content (AvgIpc) is 3.49. The van der Waals surface area contributed by atoms with Gasteiger partial charge in [-0.25, -0.2) is 4.98 Å². The second kappa shape index (κ2) is 8.55. The molecule has 8 heteroatoms. The number of hydrogen-bond donors (Lipinski definition) is 2. The first-order chi connectivity index (χ1) is 14.7. The molecule has 1 aliphatic rings. The minimum Gasteiger partial charge on any atom is -0.367 e. The van der Waals surface area contributed by atoms with Crippen LogP contribution in [0.15, 0.2) is 42.6 Å².